The summed E-state index contributed by atoms with van der Waals surface area (Å²) in [5.41, 5.74) is 3.63. The third kappa shape index (κ3) is 4.72. The van der Waals surface area contributed by atoms with Crippen molar-refractivity contribution in [1.29, 1.82) is 0 Å². The molecule has 1 N–H and O–H groups in total. The molecule has 1 aromatic heterocycles. The topological polar surface area (TPSA) is 41.3 Å². The van der Waals surface area contributed by atoms with E-state index in [0.717, 1.165) is 37.3 Å². The minimum Gasteiger partial charge on any atom is -0.378 e. The zero-order valence-corrected chi connectivity index (χ0v) is 15.6. The zero-order chi connectivity index (χ0) is 18.0. The molecule has 1 aliphatic heterocycles. The molecule has 132 valence electrons. The van der Waals surface area contributed by atoms with Crippen molar-refractivity contribution in [1.82, 2.24) is 14.7 Å². The predicted molar refractivity (Wildman–Crippen MR) is 100 cm³/mol. The van der Waals surface area contributed by atoms with Crippen molar-refractivity contribution in [2.24, 2.45) is 0 Å². The van der Waals surface area contributed by atoms with Crippen LogP contribution in [0.25, 0.3) is 0 Å². The first kappa shape index (κ1) is 17.7. The molecule has 1 unspecified atom stereocenters. The molecule has 25 heavy (non-hydrogen) atoms. The monoisotopic (exact) mass is 337 g/mol. The normalized spacial score (nSPS) is 18.2. The highest BCUT2D eigenvalue weighted by Gasteiger charge is 2.25. The summed E-state index contributed by atoms with van der Waals surface area (Å²) in [7, 11) is 0. The van der Waals surface area contributed by atoms with E-state index in [0.29, 0.717) is 6.04 Å². The van der Waals surface area contributed by atoms with Gasteiger partial charge in [-0.05, 0) is 57.9 Å². The number of hydrogen-bond acceptors (Lipinski definition) is 3. The number of nitrogens with zero attached hydrogens (tertiary/aromatic N) is 3. The summed E-state index contributed by atoms with van der Waals surface area (Å²) < 4.78 is 2.19. The summed E-state index contributed by atoms with van der Waals surface area (Å²) in [6.07, 6.45) is 1.15. The molecule has 0 amide bonds. The SMILES string of the molecule is Cc1cc(C)n(C2CCN(Cc3ccc(C#CC(C)(C)O)cc3)C2)n1. The molecule has 1 atom stereocenters. The molecular weight excluding hydrogens is 310 g/mol. The molecule has 0 bridgehead atoms. The maximum Gasteiger partial charge on any atom is 0.120 e. The minimum atomic E-state index is -0.952. The largest absolute Gasteiger partial charge is 0.378 e. The number of benzene rings is 1. The van der Waals surface area contributed by atoms with E-state index in [1.165, 1.54) is 11.3 Å². The van der Waals surface area contributed by atoms with Gasteiger partial charge < -0.3 is 5.11 Å². The Labute approximate surface area is 150 Å². The van der Waals surface area contributed by atoms with Gasteiger partial charge in [-0.2, -0.15) is 5.10 Å². The van der Waals surface area contributed by atoms with Gasteiger partial charge in [-0.3, -0.25) is 9.58 Å². The highest BCUT2D eigenvalue weighted by atomic mass is 16.3. The van der Waals surface area contributed by atoms with E-state index in [1.54, 1.807) is 13.8 Å². The van der Waals surface area contributed by atoms with Crippen LogP contribution in [0.15, 0.2) is 30.3 Å². The number of likely N-dealkylation sites (tertiary alicyclic amines) is 1. The lowest BCUT2D eigenvalue weighted by atomic mass is 10.1. The lowest BCUT2D eigenvalue weighted by molar-refractivity contribution is 0.143. The van der Waals surface area contributed by atoms with Gasteiger partial charge in [0, 0.05) is 30.9 Å². The van der Waals surface area contributed by atoms with Crippen molar-refractivity contribution in [2.75, 3.05) is 13.1 Å². The smallest absolute Gasteiger partial charge is 0.120 e. The molecule has 0 aliphatic carbocycles. The van der Waals surface area contributed by atoms with Crippen molar-refractivity contribution < 1.29 is 5.11 Å². The summed E-state index contributed by atoms with van der Waals surface area (Å²) in [5, 5.41) is 14.3. The molecule has 1 saturated heterocycles. The predicted octanol–water partition coefficient (Wildman–Crippen LogP) is 3.07. The molecule has 0 saturated carbocycles. The molecule has 3 rings (SSSR count). The van der Waals surface area contributed by atoms with Crippen LogP contribution in [0.3, 0.4) is 0 Å². The molecule has 0 spiro atoms. The van der Waals surface area contributed by atoms with E-state index in [1.807, 2.05) is 12.1 Å². The van der Waals surface area contributed by atoms with Gasteiger partial charge in [-0.25, -0.2) is 0 Å². The quantitative estimate of drug-likeness (QED) is 0.875. The van der Waals surface area contributed by atoms with Crippen LogP contribution in [0.1, 0.15) is 48.8 Å². The van der Waals surface area contributed by atoms with Crippen molar-refractivity contribution in [3.05, 3.63) is 52.8 Å². The van der Waals surface area contributed by atoms with Crippen molar-refractivity contribution in [2.45, 2.75) is 52.3 Å². The average molecular weight is 337 g/mol. The van der Waals surface area contributed by atoms with Crippen LogP contribution in [0, 0.1) is 25.7 Å². The Morgan fingerprint density at radius 1 is 1.24 bits per heavy atom. The average Bonchev–Trinajstić information content (AvgIpc) is 3.12. The van der Waals surface area contributed by atoms with Gasteiger partial charge in [0.25, 0.3) is 0 Å². The molecule has 4 nitrogen and oxygen atoms in total. The van der Waals surface area contributed by atoms with Gasteiger partial charge in [-0.15, -0.1) is 0 Å². The number of aromatic nitrogens is 2. The van der Waals surface area contributed by atoms with E-state index in [-0.39, 0.29) is 0 Å². The number of rotatable bonds is 3. The summed E-state index contributed by atoms with van der Waals surface area (Å²) >= 11 is 0. The number of hydrogen-bond donors (Lipinski definition) is 1. The summed E-state index contributed by atoms with van der Waals surface area (Å²) in [6, 6.07) is 10.9. The lowest BCUT2D eigenvalue weighted by Gasteiger charge is -2.17. The Bertz CT molecular complexity index is 787. The van der Waals surface area contributed by atoms with Gasteiger partial charge in [0.1, 0.15) is 5.60 Å². The van der Waals surface area contributed by atoms with Gasteiger partial charge >= 0.3 is 0 Å². The van der Waals surface area contributed by atoms with E-state index in [9.17, 15) is 5.11 Å². The van der Waals surface area contributed by atoms with Crippen molar-refractivity contribution in [3.8, 4) is 11.8 Å². The van der Waals surface area contributed by atoms with E-state index >= 15 is 0 Å². The Balaban J connectivity index is 1.60. The van der Waals surface area contributed by atoms with Crippen LogP contribution in [0.2, 0.25) is 0 Å². The lowest BCUT2D eigenvalue weighted by Crippen LogP contribution is -2.22. The first-order valence-electron chi connectivity index (χ1n) is 8.90. The Morgan fingerprint density at radius 2 is 1.96 bits per heavy atom. The molecule has 1 aliphatic rings. The molecule has 1 aromatic carbocycles. The molecule has 2 heterocycles. The Kier molecular flexibility index (Phi) is 4.99. The van der Waals surface area contributed by atoms with Crippen LogP contribution in [0.4, 0.5) is 0 Å². The van der Waals surface area contributed by atoms with E-state index in [2.05, 4.69) is 58.6 Å². The summed E-state index contributed by atoms with van der Waals surface area (Å²) in [5.74, 6) is 5.86. The van der Waals surface area contributed by atoms with Crippen LogP contribution in [0.5, 0.6) is 0 Å². The third-order valence-corrected chi connectivity index (χ3v) is 4.51. The minimum absolute atomic E-state index is 0.477. The Morgan fingerprint density at radius 3 is 2.56 bits per heavy atom. The highest BCUT2D eigenvalue weighted by molar-refractivity contribution is 5.37. The van der Waals surface area contributed by atoms with E-state index in [4.69, 9.17) is 0 Å². The number of aliphatic hydroxyl groups is 1. The zero-order valence-electron chi connectivity index (χ0n) is 15.6. The molecule has 1 fully saturated rings. The first-order chi connectivity index (χ1) is 11.8. The van der Waals surface area contributed by atoms with E-state index < -0.39 is 5.60 Å². The van der Waals surface area contributed by atoms with Crippen LogP contribution >= 0.6 is 0 Å². The summed E-state index contributed by atoms with van der Waals surface area (Å²) in [4.78, 5) is 2.48. The molecule has 0 radical (unpaired) electrons. The van der Waals surface area contributed by atoms with Gasteiger partial charge in [0.2, 0.25) is 0 Å². The fourth-order valence-corrected chi connectivity index (χ4v) is 3.35. The molecule has 2 aromatic rings. The number of aryl methyl sites for hydroxylation is 2. The van der Waals surface area contributed by atoms with Crippen LogP contribution in [-0.4, -0.2) is 38.5 Å². The second-order valence-electron chi connectivity index (χ2n) is 7.56. The Hall–Kier alpha value is -2.09. The van der Waals surface area contributed by atoms with Crippen molar-refractivity contribution in [3.63, 3.8) is 0 Å². The second-order valence-corrected chi connectivity index (χ2v) is 7.56. The fraction of sp³-hybridized carbons (Fsp3) is 0.476. The highest BCUT2D eigenvalue weighted by Crippen LogP contribution is 2.24. The van der Waals surface area contributed by atoms with Crippen molar-refractivity contribution >= 4 is 0 Å². The van der Waals surface area contributed by atoms with Gasteiger partial charge in [-0.1, -0.05) is 24.0 Å². The standard InChI is InChI=1S/C21H27N3O/c1-16-13-17(2)24(22-16)20-10-12-23(15-20)14-19-7-5-18(6-8-19)9-11-21(3,4)25/h5-8,13,20,25H,10,12,14-15H2,1-4H3. The van der Waals surface area contributed by atoms with Crippen LogP contribution < -0.4 is 0 Å². The van der Waals surface area contributed by atoms with Gasteiger partial charge in [0.15, 0.2) is 0 Å². The third-order valence-electron chi connectivity index (χ3n) is 4.51. The first-order valence-corrected chi connectivity index (χ1v) is 8.90. The van der Waals surface area contributed by atoms with Gasteiger partial charge in [0.05, 0.1) is 11.7 Å². The summed E-state index contributed by atoms with van der Waals surface area (Å²) in [6.45, 7) is 10.7. The second kappa shape index (κ2) is 7.03. The maximum atomic E-state index is 9.68. The molecular formula is C21H27N3O. The fourth-order valence-electron chi connectivity index (χ4n) is 3.35. The van der Waals surface area contributed by atoms with Crippen LogP contribution in [-0.2, 0) is 6.54 Å². The molecule has 4 heteroatoms. The maximum absolute atomic E-state index is 9.68.